The van der Waals surface area contributed by atoms with Crippen LogP contribution in [0.25, 0.3) is 0 Å². The number of benzene rings is 2. The van der Waals surface area contributed by atoms with Crippen LogP contribution in [0.2, 0.25) is 0 Å². The number of nitrogen functional groups attached to an aromatic ring is 1. The highest BCUT2D eigenvalue weighted by Crippen LogP contribution is 2.31. The second kappa shape index (κ2) is 5.39. The average molecular weight is 260 g/mol. The molecule has 4 N–H and O–H groups in total. The molecule has 0 bridgehead atoms. The molecule has 4 nitrogen and oxygen atoms in total. The van der Waals surface area contributed by atoms with Crippen molar-refractivity contribution in [3.63, 3.8) is 0 Å². The van der Waals surface area contributed by atoms with Gasteiger partial charge in [0.2, 0.25) is 5.91 Å². The summed E-state index contributed by atoms with van der Waals surface area (Å²) in [6, 6.07) is 11.0. The maximum Gasteiger partial charge on any atom is 0.221 e. The van der Waals surface area contributed by atoms with Crippen LogP contribution in [-0.4, -0.2) is 5.91 Å². The molecule has 0 aromatic heterocycles. The summed E-state index contributed by atoms with van der Waals surface area (Å²) in [6.45, 7) is 0. The van der Waals surface area contributed by atoms with E-state index in [1.807, 2.05) is 0 Å². The number of anilines is 1. The molecule has 5 heteroatoms. The third-order valence-corrected chi connectivity index (χ3v) is 2.58. The second-order valence-corrected chi connectivity index (χ2v) is 4.00. The van der Waals surface area contributed by atoms with E-state index in [1.54, 1.807) is 30.3 Å². The average Bonchev–Trinajstić information content (AvgIpc) is 2.36. The molecule has 0 aliphatic carbocycles. The van der Waals surface area contributed by atoms with Gasteiger partial charge in [-0.2, -0.15) is 0 Å². The summed E-state index contributed by atoms with van der Waals surface area (Å²) in [5.41, 5.74) is 11.8. The van der Waals surface area contributed by atoms with Crippen LogP contribution in [-0.2, 0) is 11.2 Å². The monoisotopic (exact) mass is 260 g/mol. The number of ether oxygens (including phenoxy) is 1. The molecule has 2 aromatic carbocycles. The fourth-order valence-electron chi connectivity index (χ4n) is 1.67. The Bertz CT molecular complexity index is 614. The molecule has 0 spiro atoms. The summed E-state index contributed by atoms with van der Waals surface area (Å²) in [4.78, 5) is 10.9. The third-order valence-electron chi connectivity index (χ3n) is 2.58. The van der Waals surface area contributed by atoms with Crippen LogP contribution in [0.1, 0.15) is 5.56 Å². The van der Waals surface area contributed by atoms with Gasteiger partial charge in [0.05, 0.1) is 12.1 Å². The zero-order valence-corrected chi connectivity index (χ0v) is 10.1. The van der Waals surface area contributed by atoms with Gasteiger partial charge in [-0.15, -0.1) is 0 Å². The number of hydrogen-bond donors (Lipinski definition) is 2. The largest absolute Gasteiger partial charge is 0.452 e. The summed E-state index contributed by atoms with van der Waals surface area (Å²) in [7, 11) is 0. The Morgan fingerprint density at radius 1 is 1.11 bits per heavy atom. The smallest absolute Gasteiger partial charge is 0.221 e. The Kier molecular flexibility index (Phi) is 3.66. The standard InChI is InChI=1S/C14H13FN2O2/c15-10-5-1-2-6-11(10)19-12-7-3-4-9(14(12)17)8-13(16)18/h1-7H,8,17H2,(H2,16,18). The van der Waals surface area contributed by atoms with E-state index < -0.39 is 11.7 Å². The number of hydrogen-bond acceptors (Lipinski definition) is 3. The van der Waals surface area contributed by atoms with Gasteiger partial charge < -0.3 is 16.2 Å². The molecule has 0 radical (unpaired) electrons. The van der Waals surface area contributed by atoms with Gasteiger partial charge in [-0.1, -0.05) is 24.3 Å². The Labute approximate surface area is 109 Å². The van der Waals surface area contributed by atoms with E-state index in [-0.39, 0.29) is 17.9 Å². The Hall–Kier alpha value is -2.56. The van der Waals surface area contributed by atoms with Crippen molar-refractivity contribution in [2.45, 2.75) is 6.42 Å². The molecule has 0 saturated heterocycles. The molecule has 19 heavy (non-hydrogen) atoms. The van der Waals surface area contributed by atoms with E-state index >= 15 is 0 Å². The van der Waals surface area contributed by atoms with E-state index in [4.69, 9.17) is 16.2 Å². The maximum atomic E-state index is 13.5. The van der Waals surface area contributed by atoms with E-state index in [2.05, 4.69) is 0 Å². The van der Waals surface area contributed by atoms with E-state index in [1.165, 1.54) is 12.1 Å². The van der Waals surface area contributed by atoms with Gasteiger partial charge in [0.1, 0.15) is 0 Å². The molecule has 0 heterocycles. The first-order valence-electron chi connectivity index (χ1n) is 5.66. The summed E-state index contributed by atoms with van der Waals surface area (Å²) < 4.78 is 18.9. The van der Waals surface area contributed by atoms with Crippen LogP contribution in [0, 0.1) is 5.82 Å². The number of carbonyl (C=O) groups excluding carboxylic acids is 1. The summed E-state index contributed by atoms with van der Waals surface area (Å²) >= 11 is 0. The van der Waals surface area contributed by atoms with Gasteiger partial charge >= 0.3 is 0 Å². The van der Waals surface area contributed by atoms with Gasteiger partial charge in [0.15, 0.2) is 17.3 Å². The maximum absolute atomic E-state index is 13.5. The Morgan fingerprint density at radius 3 is 2.47 bits per heavy atom. The zero-order valence-electron chi connectivity index (χ0n) is 10.1. The summed E-state index contributed by atoms with van der Waals surface area (Å²) in [6.07, 6.45) is 0.0142. The molecular weight excluding hydrogens is 247 g/mol. The topological polar surface area (TPSA) is 78.3 Å². The Balaban J connectivity index is 2.31. The van der Waals surface area contributed by atoms with Crippen molar-refractivity contribution >= 4 is 11.6 Å². The number of halogens is 1. The number of carbonyl (C=O) groups is 1. The first-order chi connectivity index (χ1) is 9.08. The predicted octanol–water partition coefficient (Wildman–Crippen LogP) is 2.23. The van der Waals surface area contributed by atoms with Crippen molar-refractivity contribution in [2.24, 2.45) is 5.73 Å². The van der Waals surface area contributed by atoms with Crippen molar-refractivity contribution < 1.29 is 13.9 Å². The van der Waals surface area contributed by atoms with Crippen LogP contribution < -0.4 is 16.2 Å². The first-order valence-corrected chi connectivity index (χ1v) is 5.66. The predicted molar refractivity (Wildman–Crippen MR) is 70.2 cm³/mol. The van der Waals surface area contributed by atoms with Crippen LogP contribution in [0.3, 0.4) is 0 Å². The van der Waals surface area contributed by atoms with Gasteiger partial charge in [-0.3, -0.25) is 4.79 Å². The molecule has 0 aliphatic heterocycles. The second-order valence-electron chi connectivity index (χ2n) is 4.00. The van der Waals surface area contributed by atoms with Gasteiger partial charge in [0, 0.05) is 0 Å². The van der Waals surface area contributed by atoms with Crippen LogP contribution in [0.5, 0.6) is 11.5 Å². The lowest BCUT2D eigenvalue weighted by Crippen LogP contribution is -2.14. The minimum Gasteiger partial charge on any atom is -0.452 e. The molecule has 2 rings (SSSR count). The number of amides is 1. The van der Waals surface area contributed by atoms with Crippen molar-refractivity contribution in [1.29, 1.82) is 0 Å². The van der Waals surface area contributed by atoms with Gasteiger partial charge in [-0.25, -0.2) is 4.39 Å². The minimum atomic E-state index is -0.491. The minimum absolute atomic E-state index is 0.0142. The highest BCUT2D eigenvalue weighted by molar-refractivity contribution is 5.79. The van der Waals surface area contributed by atoms with E-state index in [0.717, 1.165) is 0 Å². The molecule has 0 saturated carbocycles. The molecule has 2 aromatic rings. The molecule has 0 atom stereocenters. The van der Waals surface area contributed by atoms with Gasteiger partial charge in [0.25, 0.3) is 0 Å². The molecular formula is C14H13FN2O2. The lowest BCUT2D eigenvalue weighted by molar-refractivity contribution is -0.117. The van der Waals surface area contributed by atoms with Crippen LogP contribution in [0.15, 0.2) is 42.5 Å². The van der Waals surface area contributed by atoms with Gasteiger partial charge in [-0.05, 0) is 23.8 Å². The highest BCUT2D eigenvalue weighted by atomic mass is 19.1. The van der Waals surface area contributed by atoms with Crippen molar-refractivity contribution in [3.8, 4) is 11.5 Å². The number of nitrogens with two attached hydrogens (primary N) is 2. The molecule has 0 unspecified atom stereocenters. The Morgan fingerprint density at radius 2 is 1.79 bits per heavy atom. The van der Waals surface area contributed by atoms with E-state index in [9.17, 15) is 9.18 Å². The van der Waals surface area contributed by atoms with Crippen LogP contribution >= 0.6 is 0 Å². The molecule has 0 fully saturated rings. The van der Waals surface area contributed by atoms with Crippen molar-refractivity contribution in [1.82, 2.24) is 0 Å². The zero-order chi connectivity index (χ0) is 13.8. The quantitative estimate of drug-likeness (QED) is 0.827. The SMILES string of the molecule is NC(=O)Cc1cccc(Oc2ccccc2F)c1N. The lowest BCUT2D eigenvalue weighted by atomic mass is 10.1. The molecule has 1 amide bonds. The van der Waals surface area contributed by atoms with E-state index in [0.29, 0.717) is 11.3 Å². The normalized spacial score (nSPS) is 10.2. The first kappa shape index (κ1) is 12.9. The molecule has 0 aliphatic rings. The fourth-order valence-corrected chi connectivity index (χ4v) is 1.67. The summed E-state index contributed by atoms with van der Waals surface area (Å²) in [5, 5.41) is 0. The van der Waals surface area contributed by atoms with Crippen molar-refractivity contribution in [3.05, 3.63) is 53.8 Å². The lowest BCUT2D eigenvalue weighted by Gasteiger charge is -2.11. The summed E-state index contributed by atoms with van der Waals surface area (Å²) in [5.74, 6) is -0.605. The number of primary amides is 1. The fraction of sp³-hybridized carbons (Fsp3) is 0.0714. The number of para-hydroxylation sites is 2. The van der Waals surface area contributed by atoms with Crippen molar-refractivity contribution in [2.75, 3.05) is 5.73 Å². The number of rotatable bonds is 4. The third kappa shape index (κ3) is 3.01. The highest BCUT2D eigenvalue weighted by Gasteiger charge is 2.10. The van der Waals surface area contributed by atoms with Crippen LogP contribution in [0.4, 0.5) is 10.1 Å². The molecule has 98 valence electrons.